The molecule has 0 fully saturated rings. The smallest absolute Gasteiger partial charge is 0.280 e. The Morgan fingerprint density at radius 1 is 1.28 bits per heavy atom. The molecule has 0 spiro atoms. The number of hydrogen-bond acceptors (Lipinski definition) is 8. The number of rotatable bonds is 7. The molecule has 0 amide bonds. The predicted octanol–water partition coefficient (Wildman–Crippen LogP) is -0.738. The number of non-ortho nitro benzene ring substituents is 1. The molecular formula is C17H19N7O5. The zero-order valence-electron chi connectivity index (χ0n) is 15.8. The monoisotopic (exact) mass is 401 g/mol. The second-order valence-electron chi connectivity index (χ2n) is 6.23. The van der Waals surface area contributed by atoms with Crippen LogP contribution in [0.4, 0.5) is 5.69 Å². The lowest BCUT2D eigenvalue weighted by Gasteiger charge is -2.08. The number of hydrogen-bond donors (Lipinski definition) is 2. The van der Waals surface area contributed by atoms with E-state index in [1.807, 2.05) is 0 Å². The van der Waals surface area contributed by atoms with Gasteiger partial charge in [0.05, 0.1) is 24.4 Å². The molecule has 1 aromatic carbocycles. The van der Waals surface area contributed by atoms with Crippen molar-refractivity contribution < 1.29 is 14.8 Å². The maximum Gasteiger partial charge on any atom is 0.280 e. The third-order valence-corrected chi connectivity index (χ3v) is 4.40. The van der Waals surface area contributed by atoms with Gasteiger partial charge in [-0.1, -0.05) is 0 Å². The lowest BCUT2D eigenvalue weighted by molar-refractivity contribution is -0.384. The first-order valence-electron chi connectivity index (χ1n) is 8.61. The number of nitro benzene ring substituents is 1. The van der Waals surface area contributed by atoms with Crippen LogP contribution in [-0.4, -0.2) is 47.6 Å². The Morgan fingerprint density at radius 3 is 2.59 bits per heavy atom. The number of fused-ring (bicyclic) bond motifs is 1. The zero-order chi connectivity index (χ0) is 21.1. The van der Waals surface area contributed by atoms with Gasteiger partial charge in [0.15, 0.2) is 16.9 Å². The molecule has 0 aliphatic carbocycles. The van der Waals surface area contributed by atoms with Gasteiger partial charge in [-0.25, -0.2) is 4.98 Å². The van der Waals surface area contributed by atoms with Crippen molar-refractivity contribution in [2.45, 2.75) is 6.54 Å². The zero-order valence-corrected chi connectivity index (χ0v) is 15.8. The first-order valence-corrected chi connectivity index (χ1v) is 8.61. The molecule has 0 aliphatic rings. The van der Waals surface area contributed by atoms with Crippen molar-refractivity contribution in [3.05, 3.63) is 62.2 Å². The molecular weight excluding hydrogens is 382 g/mol. The SMILES string of the molecule is Cn1c(=O)c2c(ncn2CCO)n(C)/c1=N/NCC(=O)c1ccc([N+](=O)[O-])cc1. The molecule has 12 heteroatoms. The fraction of sp³-hybridized carbons (Fsp3) is 0.294. The molecule has 2 N–H and O–H groups in total. The second-order valence-corrected chi connectivity index (χ2v) is 6.23. The number of nitro groups is 1. The van der Waals surface area contributed by atoms with Crippen LogP contribution >= 0.6 is 0 Å². The minimum atomic E-state index is -0.541. The molecule has 3 rings (SSSR count). The fourth-order valence-corrected chi connectivity index (χ4v) is 2.89. The van der Waals surface area contributed by atoms with E-state index in [2.05, 4.69) is 15.5 Å². The highest BCUT2D eigenvalue weighted by atomic mass is 16.6. The van der Waals surface area contributed by atoms with E-state index in [0.29, 0.717) is 16.7 Å². The largest absolute Gasteiger partial charge is 0.395 e. The summed E-state index contributed by atoms with van der Waals surface area (Å²) in [4.78, 5) is 39.2. The van der Waals surface area contributed by atoms with Gasteiger partial charge in [0.1, 0.15) is 0 Å². The first-order chi connectivity index (χ1) is 13.8. The van der Waals surface area contributed by atoms with Gasteiger partial charge in [-0.2, -0.15) is 0 Å². The van der Waals surface area contributed by atoms with Crippen molar-refractivity contribution in [2.75, 3.05) is 13.2 Å². The molecule has 0 atom stereocenters. The van der Waals surface area contributed by atoms with Crippen LogP contribution in [0, 0.1) is 10.1 Å². The third kappa shape index (κ3) is 3.78. The summed E-state index contributed by atoms with van der Waals surface area (Å²) in [6.07, 6.45) is 1.47. The van der Waals surface area contributed by atoms with Crippen molar-refractivity contribution in [1.29, 1.82) is 0 Å². The summed E-state index contributed by atoms with van der Waals surface area (Å²) in [5, 5.41) is 23.9. The molecule has 2 heterocycles. The molecule has 0 aliphatic heterocycles. The Balaban J connectivity index is 1.86. The molecule has 29 heavy (non-hydrogen) atoms. The number of ketones is 1. The number of carbonyl (C=O) groups excluding carboxylic acids is 1. The van der Waals surface area contributed by atoms with Gasteiger partial charge in [0, 0.05) is 38.3 Å². The van der Waals surface area contributed by atoms with Crippen molar-refractivity contribution >= 4 is 22.6 Å². The van der Waals surface area contributed by atoms with Gasteiger partial charge in [-0.3, -0.25) is 34.3 Å². The van der Waals surface area contributed by atoms with E-state index < -0.39 is 4.92 Å². The Bertz CT molecular complexity index is 1200. The number of aliphatic hydroxyl groups is 1. The Hall–Kier alpha value is -3.80. The van der Waals surface area contributed by atoms with Gasteiger partial charge >= 0.3 is 0 Å². The number of nitrogens with zero attached hydrogens (tertiary/aromatic N) is 6. The minimum absolute atomic E-state index is 0.102. The molecule has 0 radical (unpaired) electrons. The molecule has 12 nitrogen and oxygen atoms in total. The van der Waals surface area contributed by atoms with Crippen LogP contribution in [-0.2, 0) is 20.6 Å². The van der Waals surface area contributed by atoms with Crippen LogP contribution in [0.15, 0.2) is 40.5 Å². The van der Waals surface area contributed by atoms with E-state index in [0.717, 1.165) is 0 Å². The maximum atomic E-state index is 12.7. The summed E-state index contributed by atoms with van der Waals surface area (Å²) < 4.78 is 4.46. The summed E-state index contributed by atoms with van der Waals surface area (Å²) >= 11 is 0. The highest BCUT2D eigenvalue weighted by molar-refractivity contribution is 5.97. The lowest BCUT2D eigenvalue weighted by Crippen LogP contribution is -2.40. The van der Waals surface area contributed by atoms with Crippen molar-refractivity contribution in [1.82, 2.24) is 24.1 Å². The maximum absolute atomic E-state index is 12.7. The van der Waals surface area contributed by atoms with Crippen LogP contribution < -0.4 is 16.6 Å². The number of aryl methyl sites for hydroxylation is 1. The normalized spacial score (nSPS) is 11.8. The van der Waals surface area contributed by atoms with Gasteiger partial charge in [0.25, 0.3) is 11.2 Å². The van der Waals surface area contributed by atoms with E-state index in [1.54, 1.807) is 16.2 Å². The van der Waals surface area contributed by atoms with Gasteiger partial charge in [-0.05, 0) is 12.1 Å². The highest BCUT2D eigenvalue weighted by Crippen LogP contribution is 2.12. The van der Waals surface area contributed by atoms with E-state index >= 15 is 0 Å². The number of imidazole rings is 1. The van der Waals surface area contributed by atoms with Crippen LogP contribution in [0.25, 0.3) is 11.2 Å². The van der Waals surface area contributed by atoms with Crippen molar-refractivity contribution in [3.8, 4) is 0 Å². The van der Waals surface area contributed by atoms with Crippen LogP contribution in [0.5, 0.6) is 0 Å². The Labute approximate surface area is 163 Å². The predicted molar refractivity (Wildman–Crippen MR) is 102 cm³/mol. The first kappa shape index (κ1) is 19.9. The van der Waals surface area contributed by atoms with Gasteiger partial charge < -0.3 is 9.67 Å². The average molecular weight is 401 g/mol. The number of nitrogens with one attached hydrogen (secondary N) is 1. The fourth-order valence-electron chi connectivity index (χ4n) is 2.89. The number of benzene rings is 1. The van der Waals surface area contributed by atoms with E-state index in [1.165, 1.54) is 42.2 Å². The van der Waals surface area contributed by atoms with Crippen LogP contribution in [0.2, 0.25) is 0 Å². The molecule has 3 aromatic rings. The number of carbonyl (C=O) groups is 1. The van der Waals surface area contributed by atoms with Crippen molar-refractivity contribution in [3.63, 3.8) is 0 Å². The summed E-state index contributed by atoms with van der Waals surface area (Å²) in [7, 11) is 3.22. The van der Waals surface area contributed by atoms with Crippen LogP contribution in [0.1, 0.15) is 10.4 Å². The standard InChI is InChI=1S/C17H19N7O5/c1-21-15-14(23(7-8-25)10-18-15)16(27)22(2)17(21)20-19-9-13(26)11-3-5-12(6-4-11)24(28)29/h3-6,10,19,25H,7-9H2,1-2H3/b20-17-. The molecule has 152 valence electrons. The summed E-state index contributed by atoms with van der Waals surface area (Å²) in [6, 6.07) is 5.25. The number of aliphatic hydroxyl groups excluding tert-OH is 1. The molecule has 0 bridgehead atoms. The van der Waals surface area contributed by atoms with Gasteiger partial charge in [-0.15, -0.1) is 5.10 Å². The molecule has 0 saturated carbocycles. The van der Waals surface area contributed by atoms with E-state index in [9.17, 15) is 19.7 Å². The molecule has 0 unspecified atom stereocenters. The van der Waals surface area contributed by atoms with Crippen molar-refractivity contribution in [2.24, 2.45) is 19.2 Å². The Morgan fingerprint density at radius 2 is 1.97 bits per heavy atom. The average Bonchev–Trinajstić information content (AvgIpc) is 3.13. The minimum Gasteiger partial charge on any atom is -0.395 e. The quantitative estimate of drug-likeness (QED) is 0.301. The topological polar surface area (TPSA) is 150 Å². The third-order valence-electron chi connectivity index (χ3n) is 4.40. The second kappa shape index (κ2) is 8.06. The van der Waals surface area contributed by atoms with Gasteiger partial charge in [0.2, 0.25) is 5.62 Å². The van der Waals surface area contributed by atoms with E-state index in [4.69, 9.17) is 5.11 Å². The summed E-state index contributed by atoms with van der Waals surface area (Å²) in [5.41, 5.74) is 3.46. The van der Waals surface area contributed by atoms with E-state index in [-0.39, 0.29) is 42.3 Å². The van der Waals surface area contributed by atoms with Crippen LogP contribution in [0.3, 0.4) is 0 Å². The number of Topliss-reactive ketones (excluding diaryl/α,β-unsaturated/α-hetero) is 1. The molecule has 0 saturated heterocycles. The summed E-state index contributed by atoms with van der Waals surface area (Å²) in [6.45, 7) is -0.0516. The number of aromatic nitrogens is 4. The summed E-state index contributed by atoms with van der Waals surface area (Å²) in [5.74, 6) is -0.315. The molecule has 2 aromatic heterocycles. The lowest BCUT2D eigenvalue weighted by atomic mass is 10.1. The Kier molecular flexibility index (Phi) is 5.54. The highest BCUT2D eigenvalue weighted by Gasteiger charge is 2.14.